The van der Waals surface area contributed by atoms with Crippen LogP contribution in [-0.4, -0.2) is 31.1 Å². The summed E-state index contributed by atoms with van der Waals surface area (Å²) in [6, 6.07) is 1.06. The van der Waals surface area contributed by atoms with Crippen molar-refractivity contribution in [3.63, 3.8) is 0 Å². The predicted molar refractivity (Wildman–Crippen MR) is 59.7 cm³/mol. The van der Waals surface area contributed by atoms with Gasteiger partial charge in [0, 0.05) is 6.04 Å². The molecule has 3 nitrogen and oxygen atoms in total. The summed E-state index contributed by atoms with van der Waals surface area (Å²) >= 11 is 0. The maximum Gasteiger partial charge on any atom is 0.162 e. The molecule has 88 valence electrons. The van der Waals surface area contributed by atoms with Gasteiger partial charge in [-0.1, -0.05) is 6.92 Å². The Morgan fingerprint density at radius 2 is 1.73 bits per heavy atom. The molecule has 0 aromatic rings. The average molecular weight is 213 g/mol. The van der Waals surface area contributed by atoms with Crippen LogP contribution in [0.5, 0.6) is 0 Å². The number of hydrogen-bond acceptors (Lipinski definition) is 3. The molecule has 0 bridgehead atoms. The Labute approximate surface area is 92.5 Å². The van der Waals surface area contributed by atoms with Crippen molar-refractivity contribution in [2.75, 3.05) is 13.2 Å². The lowest BCUT2D eigenvalue weighted by Gasteiger charge is -2.36. The summed E-state index contributed by atoms with van der Waals surface area (Å²) in [5.74, 6) is 0.491. The summed E-state index contributed by atoms with van der Waals surface area (Å²) < 4.78 is 11.3. The zero-order valence-electron chi connectivity index (χ0n) is 10.1. The minimum atomic E-state index is -0.388. The summed E-state index contributed by atoms with van der Waals surface area (Å²) in [7, 11) is 0. The van der Waals surface area contributed by atoms with Crippen molar-refractivity contribution in [3.8, 4) is 0 Å². The van der Waals surface area contributed by atoms with Crippen molar-refractivity contribution in [2.24, 2.45) is 5.92 Å². The molecule has 1 aliphatic carbocycles. The fourth-order valence-corrected chi connectivity index (χ4v) is 2.48. The zero-order chi connectivity index (χ0) is 10.9. The lowest BCUT2D eigenvalue weighted by Crippen LogP contribution is -2.51. The van der Waals surface area contributed by atoms with E-state index in [1.807, 2.05) is 13.8 Å². The Hall–Kier alpha value is -0.120. The lowest BCUT2D eigenvalue weighted by atomic mass is 10.1. The summed E-state index contributed by atoms with van der Waals surface area (Å²) in [5, 5.41) is 3.64. The third-order valence-corrected chi connectivity index (χ3v) is 3.43. The molecule has 1 saturated carbocycles. The Bertz CT molecular complexity index is 208. The Morgan fingerprint density at radius 3 is 2.27 bits per heavy atom. The van der Waals surface area contributed by atoms with E-state index in [1.165, 1.54) is 19.3 Å². The van der Waals surface area contributed by atoms with Crippen LogP contribution < -0.4 is 5.32 Å². The van der Waals surface area contributed by atoms with Gasteiger partial charge in [-0.15, -0.1) is 0 Å². The van der Waals surface area contributed by atoms with Gasteiger partial charge in [0.05, 0.1) is 19.3 Å². The highest BCUT2D eigenvalue weighted by Gasteiger charge is 2.30. The molecule has 1 saturated heterocycles. The third kappa shape index (κ3) is 3.16. The van der Waals surface area contributed by atoms with Gasteiger partial charge in [0.2, 0.25) is 0 Å². The van der Waals surface area contributed by atoms with Crippen molar-refractivity contribution in [1.29, 1.82) is 0 Å². The van der Waals surface area contributed by atoms with E-state index in [1.54, 1.807) is 0 Å². The molecule has 0 aromatic heterocycles. The van der Waals surface area contributed by atoms with Crippen molar-refractivity contribution < 1.29 is 9.47 Å². The van der Waals surface area contributed by atoms with Gasteiger partial charge in [-0.05, 0) is 39.0 Å². The van der Waals surface area contributed by atoms with Crippen LogP contribution in [0.4, 0.5) is 0 Å². The molecular formula is C12H23NO2. The van der Waals surface area contributed by atoms with Gasteiger partial charge in [0.1, 0.15) is 0 Å². The molecule has 0 radical (unpaired) electrons. The van der Waals surface area contributed by atoms with Crippen LogP contribution in [0.1, 0.15) is 40.0 Å². The predicted octanol–water partition coefficient (Wildman–Crippen LogP) is 1.92. The van der Waals surface area contributed by atoms with Crippen LogP contribution in [0.2, 0.25) is 0 Å². The van der Waals surface area contributed by atoms with E-state index < -0.39 is 0 Å². The summed E-state index contributed by atoms with van der Waals surface area (Å²) in [4.78, 5) is 0. The standard InChI is InChI=1S/C12H23NO2/c1-9-4-5-10(6-9)13-11-7-14-12(2,3)15-8-11/h9-11,13H,4-8H2,1-3H3. The van der Waals surface area contributed by atoms with Crippen molar-refractivity contribution in [1.82, 2.24) is 5.32 Å². The van der Waals surface area contributed by atoms with Crippen molar-refractivity contribution >= 4 is 0 Å². The Kier molecular flexibility index (Phi) is 3.33. The van der Waals surface area contributed by atoms with Crippen LogP contribution >= 0.6 is 0 Å². The van der Waals surface area contributed by atoms with E-state index in [2.05, 4.69) is 12.2 Å². The van der Waals surface area contributed by atoms with Gasteiger partial charge >= 0.3 is 0 Å². The van der Waals surface area contributed by atoms with Crippen LogP contribution in [0, 0.1) is 5.92 Å². The van der Waals surface area contributed by atoms with E-state index in [0.29, 0.717) is 12.1 Å². The number of ether oxygens (including phenoxy) is 2. The van der Waals surface area contributed by atoms with Gasteiger partial charge in [-0.25, -0.2) is 0 Å². The number of nitrogens with one attached hydrogen (secondary N) is 1. The van der Waals surface area contributed by atoms with Crippen molar-refractivity contribution in [2.45, 2.75) is 57.9 Å². The second kappa shape index (κ2) is 4.40. The molecule has 1 aliphatic heterocycles. The first-order chi connectivity index (χ1) is 7.05. The first kappa shape index (κ1) is 11.4. The molecule has 15 heavy (non-hydrogen) atoms. The van der Waals surface area contributed by atoms with Crippen molar-refractivity contribution in [3.05, 3.63) is 0 Å². The van der Waals surface area contributed by atoms with E-state index >= 15 is 0 Å². The molecule has 3 heteroatoms. The van der Waals surface area contributed by atoms with Gasteiger partial charge in [0.15, 0.2) is 5.79 Å². The van der Waals surface area contributed by atoms with E-state index in [9.17, 15) is 0 Å². The van der Waals surface area contributed by atoms with E-state index in [-0.39, 0.29) is 5.79 Å². The molecule has 2 aliphatic rings. The quantitative estimate of drug-likeness (QED) is 0.760. The minimum Gasteiger partial charge on any atom is -0.349 e. The van der Waals surface area contributed by atoms with E-state index in [4.69, 9.17) is 9.47 Å². The van der Waals surface area contributed by atoms with Gasteiger partial charge in [0.25, 0.3) is 0 Å². The van der Waals surface area contributed by atoms with Gasteiger partial charge < -0.3 is 14.8 Å². The minimum absolute atomic E-state index is 0.383. The summed E-state index contributed by atoms with van der Waals surface area (Å²) in [5.41, 5.74) is 0. The molecule has 2 fully saturated rings. The SMILES string of the molecule is CC1CCC(NC2COC(C)(C)OC2)C1. The highest BCUT2D eigenvalue weighted by atomic mass is 16.7. The third-order valence-electron chi connectivity index (χ3n) is 3.43. The van der Waals surface area contributed by atoms with Gasteiger partial charge in [-0.2, -0.15) is 0 Å². The van der Waals surface area contributed by atoms with Crippen LogP contribution in [0.15, 0.2) is 0 Å². The number of rotatable bonds is 2. The smallest absolute Gasteiger partial charge is 0.162 e. The molecule has 0 spiro atoms. The second-order valence-corrected chi connectivity index (χ2v) is 5.50. The molecular weight excluding hydrogens is 190 g/mol. The second-order valence-electron chi connectivity index (χ2n) is 5.50. The van der Waals surface area contributed by atoms with Gasteiger partial charge in [-0.3, -0.25) is 0 Å². The molecule has 2 unspecified atom stereocenters. The maximum atomic E-state index is 5.63. The molecule has 1 N–H and O–H groups in total. The summed E-state index contributed by atoms with van der Waals surface area (Å²) in [6.07, 6.45) is 3.97. The fraction of sp³-hybridized carbons (Fsp3) is 1.00. The summed E-state index contributed by atoms with van der Waals surface area (Å²) in [6.45, 7) is 7.83. The molecule has 0 amide bonds. The van der Waals surface area contributed by atoms with Crippen LogP contribution in [0.3, 0.4) is 0 Å². The monoisotopic (exact) mass is 213 g/mol. The Morgan fingerprint density at radius 1 is 1.07 bits per heavy atom. The van der Waals surface area contributed by atoms with Crippen LogP contribution in [0.25, 0.3) is 0 Å². The molecule has 0 aromatic carbocycles. The maximum absolute atomic E-state index is 5.63. The molecule has 1 heterocycles. The fourth-order valence-electron chi connectivity index (χ4n) is 2.48. The number of hydrogen-bond donors (Lipinski definition) is 1. The zero-order valence-corrected chi connectivity index (χ0v) is 10.1. The topological polar surface area (TPSA) is 30.5 Å². The highest BCUT2D eigenvalue weighted by Crippen LogP contribution is 2.26. The average Bonchev–Trinajstić information content (AvgIpc) is 2.55. The normalized spacial score (nSPS) is 37.0. The first-order valence-electron chi connectivity index (χ1n) is 6.09. The Balaban J connectivity index is 1.73. The lowest BCUT2D eigenvalue weighted by molar-refractivity contribution is -0.253. The van der Waals surface area contributed by atoms with E-state index in [0.717, 1.165) is 19.1 Å². The first-order valence-corrected chi connectivity index (χ1v) is 6.09. The van der Waals surface area contributed by atoms with Crippen LogP contribution in [-0.2, 0) is 9.47 Å². The highest BCUT2D eigenvalue weighted by molar-refractivity contribution is 4.83. The molecule has 2 rings (SSSR count). The molecule has 2 atom stereocenters. The largest absolute Gasteiger partial charge is 0.349 e.